The van der Waals surface area contributed by atoms with Gasteiger partial charge < -0.3 is 14.8 Å². The standard InChI is InChI=1S/C12H25NO2/c1-10(9-13-11-5-6-11)14-7-8-15-12(2,3)4/h10-11,13H,5-9H2,1-4H3. The number of rotatable bonds is 7. The smallest absolute Gasteiger partial charge is 0.0707 e. The number of nitrogens with one attached hydrogen (secondary N) is 1. The third-order valence-corrected chi connectivity index (χ3v) is 2.29. The molecule has 0 aromatic rings. The molecule has 0 aromatic heterocycles. The van der Waals surface area contributed by atoms with Gasteiger partial charge in [-0.25, -0.2) is 0 Å². The summed E-state index contributed by atoms with van der Waals surface area (Å²) in [5.74, 6) is 0. The average molecular weight is 215 g/mol. The van der Waals surface area contributed by atoms with Gasteiger partial charge in [-0.15, -0.1) is 0 Å². The molecule has 0 amide bonds. The number of ether oxygens (including phenoxy) is 2. The molecule has 3 nitrogen and oxygen atoms in total. The van der Waals surface area contributed by atoms with Crippen LogP contribution in [0.25, 0.3) is 0 Å². The van der Waals surface area contributed by atoms with Crippen molar-refractivity contribution in [3.05, 3.63) is 0 Å². The fourth-order valence-electron chi connectivity index (χ4n) is 1.28. The lowest BCUT2D eigenvalue weighted by molar-refractivity contribution is -0.0480. The maximum absolute atomic E-state index is 5.63. The van der Waals surface area contributed by atoms with Gasteiger partial charge in [0, 0.05) is 12.6 Å². The Bertz CT molecular complexity index is 173. The zero-order valence-corrected chi connectivity index (χ0v) is 10.5. The van der Waals surface area contributed by atoms with Crippen molar-refractivity contribution in [2.24, 2.45) is 0 Å². The highest BCUT2D eigenvalue weighted by Gasteiger charge is 2.20. The molecule has 1 aliphatic carbocycles. The molecule has 1 aliphatic rings. The Morgan fingerprint density at radius 1 is 1.27 bits per heavy atom. The maximum Gasteiger partial charge on any atom is 0.0707 e. The molecule has 1 N–H and O–H groups in total. The molecule has 0 spiro atoms. The van der Waals surface area contributed by atoms with E-state index >= 15 is 0 Å². The van der Waals surface area contributed by atoms with Gasteiger partial charge in [-0.3, -0.25) is 0 Å². The van der Waals surface area contributed by atoms with Crippen molar-refractivity contribution in [3.8, 4) is 0 Å². The van der Waals surface area contributed by atoms with E-state index in [0.29, 0.717) is 13.2 Å². The zero-order valence-electron chi connectivity index (χ0n) is 10.5. The molecule has 1 unspecified atom stereocenters. The maximum atomic E-state index is 5.63. The summed E-state index contributed by atoms with van der Waals surface area (Å²) >= 11 is 0. The summed E-state index contributed by atoms with van der Waals surface area (Å²) in [5.41, 5.74) is -0.0567. The quantitative estimate of drug-likeness (QED) is 0.659. The van der Waals surface area contributed by atoms with Crippen LogP contribution in [0.2, 0.25) is 0 Å². The first kappa shape index (κ1) is 12.9. The second-order valence-corrected chi connectivity index (χ2v) is 5.32. The molecular formula is C12H25NO2. The molecule has 15 heavy (non-hydrogen) atoms. The van der Waals surface area contributed by atoms with Crippen molar-refractivity contribution in [1.29, 1.82) is 0 Å². The SMILES string of the molecule is CC(CNC1CC1)OCCOC(C)(C)C. The van der Waals surface area contributed by atoms with Gasteiger partial charge in [0.2, 0.25) is 0 Å². The minimum Gasteiger partial charge on any atom is -0.375 e. The van der Waals surface area contributed by atoms with E-state index in [0.717, 1.165) is 12.6 Å². The Hall–Kier alpha value is -0.120. The van der Waals surface area contributed by atoms with Gasteiger partial charge in [-0.05, 0) is 40.5 Å². The van der Waals surface area contributed by atoms with E-state index in [2.05, 4.69) is 33.0 Å². The summed E-state index contributed by atoms with van der Waals surface area (Å²) in [4.78, 5) is 0. The second kappa shape index (κ2) is 5.83. The van der Waals surface area contributed by atoms with Crippen LogP contribution in [0.5, 0.6) is 0 Å². The van der Waals surface area contributed by atoms with E-state index in [1.54, 1.807) is 0 Å². The first-order valence-corrected chi connectivity index (χ1v) is 5.96. The van der Waals surface area contributed by atoms with E-state index in [1.165, 1.54) is 12.8 Å². The fourth-order valence-corrected chi connectivity index (χ4v) is 1.28. The topological polar surface area (TPSA) is 30.5 Å². The van der Waals surface area contributed by atoms with Gasteiger partial charge in [0.1, 0.15) is 0 Å². The van der Waals surface area contributed by atoms with Crippen molar-refractivity contribution >= 4 is 0 Å². The lowest BCUT2D eigenvalue weighted by Gasteiger charge is -2.20. The highest BCUT2D eigenvalue weighted by molar-refractivity contribution is 4.81. The fraction of sp³-hybridized carbons (Fsp3) is 1.00. The van der Waals surface area contributed by atoms with Crippen molar-refractivity contribution < 1.29 is 9.47 Å². The third-order valence-electron chi connectivity index (χ3n) is 2.29. The van der Waals surface area contributed by atoms with Crippen LogP contribution < -0.4 is 5.32 Å². The predicted molar refractivity (Wildman–Crippen MR) is 62.1 cm³/mol. The summed E-state index contributed by atoms with van der Waals surface area (Å²) in [6.07, 6.45) is 2.95. The van der Waals surface area contributed by atoms with E-state index in [1.807, 2.05) is 0 Å². The first-order chi connectivity index (χ1) is 6.97. The van der Waals surface area contributed by atoms with Crippen LogP contribution in [0.3, 0.4) is 0 Å². The van der Waals surface area contributed by atoms with Gasteiger partial charge in [-0.1, -0.05) is 0 Å². The van der Waals surface area contributed by atoms with Gasteiger partial charge >= 0.3 is 0 Å². The molecule has 0 radical (unpaired) electrons. The minimum atomic E-state index is -0.0567. The molecule has 0 saturated heterocycles. The van der Waals surface area contributed by atoms with Crippen molar-refractivity contribution in [2.75, 3.05) is 19.8 Å². The van der Waals surface area contributed by atoms with E-state index in [4.69, 9.17) is 9.47 Å². The Balaban J connectivity index is 1.89. The van der Waals surface area contributed by atoms with E-state index in [-0.39, 0.29) is 11.7 Å². The lowest BCUT2D eigenvalue weighted by atomic mass is 10.2. The molecule has 1 saturated carbocycles. The summed E-state index contributed by atoms with van der Waals surface area (Å²) < 4.78 is 11.2. The zero-order chi connectivity index (χ0) is 11.3. The number of hydrogen-bond donors (Lipinski definition) is 1. The van der Waals surface area contributed by atoms with E-state index < -0.39 is 0 Å². The summed E-state index contributed by atoms with van der Waals surface area (Å²) in [6.45, 7) is 10.6. The lowest BCUT2D eigenvalue weighted by Crippen LogP contribution is -2.30. The molecule has 1 atom stereocenters. The summed E-state index contributed by atoms with van der Waals surface area (Å²) in [5, 5.41) is 3.45. The Labute approximate surface area is 93.5 Å². The molecule has 1 fully saturated rings. The summed E-state index contributed by atoms with van der Waals surface area (Å²) in [6, 6.07) is 0.766. The van der Waals surface area contributed by atoms with Crippen LogP contribution >= 0.6 is 0 Å². The first-order valence-electron chi connectivity index (χ1n) is 5.96. The van der Waals surface area contributed by atoms with Crippen molar-refractivity contribution in [3.63, 3.8) is 0 Å². The van der Waals surface area contributed by atoms with E-state index in [9.17, 15) is 0 Å². The molecule has 0 aliphatic heterocycles. The highest BCUT2D eigenvalue weighted by atomic mass is 16.5. The normalized spacial score (nSPS) is 19.2. The Morgan fingerprint density at radius 3 is 2.47 bits per heavy atom. The molecule has 0 bridgehead atoms. The molecule has 0 aromatic carbocycles. The molecule has 90 valence electrons. The molecule has 3 heteroatoms. The van der Waals surface area contributed by atoms with Gasteiger partial charge in [0.15, 0.2) is 0 Å². The van der Waals surface area contributed by atoms with Crippen LogP contribution in [-0.4, -0.2) is 37.5 Å². The van der Waals surface area contributed by atoms with Crippen LogP contribution in [0.4, 0.5) is 0 Å². The number of hydrogen-bond acceptors (Lipinski definition) is 3. The largest absolute Gasteiger partial charge is 0.375 e. The molecule has 1 rings (SSSR count). The minimum absolute atomic E-state index is 0.0567. The second-order valence-electron chi connectivity index (χ2n) is 5.32. The van der Waals surface area contributed by atoms with Crippen LogP contribution in [0.15, 0.2) is 0 Å². The van der Waals surface area contributed by atoms with Crippen LogP contribution in [0, 0.1) is 0 Å². The van der Waals surface area contributed by atoms with Gasteiger partial charge in [-0.2, -0.15) is 0 Å². The van der Waals surface area contributed by atoms with Gasteiger partial charge in [0.05, 0.1) is 24.9 Å². The van der Waals surface area contributed by atoms with Crippen molar-refractivity contribution in [1.82, 2.24) is 5.32 Å². The molecule has 0 heterocycles. The Morgan fingerprint density at radius 2 is 1.93 bits per heavy atom. The molecular weight excluding hydrogens is 190 g/mol. The monoisotopic (exact) mass is 215 g/mol. The average Bonchev–Trinajstić information content (AvgIpc) is 2.91. The highest BCUT2D eigenvalue weighted by Crippen LogP contribution is 2.18. The van der Waals surface area contributed by atoms with Crippen LogP contribution in [-0.2, 0) is 9.47 Å². The van der Waals surface area contributed by atoms with Crippen LogP contribution in [0.1, 0.15) is 40.5 Å². The summed E-state index contributed by atoms with van der Waals surface area (Å²) in [7, 11) is 0. The Kier molecular flexibility index (Phi) is 5.03. The van der Waals surface area contributed by atoms with Crippen molar-refractivity contribution in [2.45, 2.75) is 58.3 Å². The predicted octanol–water partition coefficient (Wildman–Crippen LogP) is 1.96. The van der Waals surface area contributed by atoms with Gasteiger partial charge in [0.25, 0.3) is 0 Å². The third kappa shape index (κ3) is 7.77.